The first-order valence-corrected chi connectivity index (χ1v) is 7.59. The first kappa shape index (κ1) is 15.1. The Labute approximate surface area is 122 Å². The van der Waals surface area contributed by atoms with Crippen LogP contribution in [0.15, 0.2) is 28.7 Å². The van der Waals surface area contributed by atoms with Gasteiger partial charge in [-0.25, -0.2) is 0 Å². The van der Waals surface area contributed by atoms with Gasteiger partial charge < -0.3 is 9.73 Å². The number of nitrogens with zero attached hydrogens (tertiary/aromatic N) is 1. The molecule has 0 bridgehead atoms. The molecule has 0 amide bonds. The van der Waals surface area contributed by atoms with Gasteiger partial charge in [-0.15, -0.1) is 0 Å². The van der Waals surface area contributed by atoms with Crippen molar-refractivity contribution in [2.45, 2.75) is 46.3 Å². The van der Waals surface area contributed by atoms with Crippen LogP contribution in [-0.2, 0) is 13.1 Å². The Bertz CT molecular complexity index is 547. The maximum atomic E-state index is 6.01. The summed E-state index contributed by atoms with van der Waals surface area (Å²) < 4.78 is 6.01. The van der Waals surface area contributed by atoms with Crippen LogP contribution in [-0.4, -0.2) is 24.5 Å². The van der Waals surface area contributed by atoms with Gasteiger partial charge in [0.2, 0.25) is 0 Å². The lowest BCUT2D eigenvalue weighted by Gasteiger charge is -2.27. The summed E-state index contributed by atoms with van der Waals surface area (Å²) >= 11 is 0. The van der Waals surface area contributed by atoms with Gasteiger partial charge in [0, 0.05) is 23.5 Å². The van der Waals surface area contributed by atoms with Crippen molar-refractivity contribution < 1.29 is 4.42 Å². The highest BCUT2D eigenvalue weighted by Gasteiger charge is 2.18. The van der Waals surface area contributed by atoms with Crippen molar-refractivity contribution in [3.8, 4) is 0 Å². The molecule has 1 N–H and O–H groups in total. The Kier molecular flexibility index (Phi) is 5.21. The average molecular weight is 274 g/mol. The van der Waals surface area contributed by atoms with E-state index in [1.807, 2.05) is 13.1 Å². The minimum absolute atomic E-state index is 0.594. The SMILES string of the molecule is CCC(C)N(CC)Cc1c(CNC)oc2ccccc12. The molecule has 20 heavy (non-hydrogen) atoms. The van der Waals surface area contributed by atoms with Crippen molar-refractivity contribution in [2.75, 3.05) is 13.6 Å². The molecule has 0 aliphatic carbocycles. The third kappa shape index (κ3) is 3.05. The van der Waals surface area contributed by atoms with Crippen molar-refractivity contribution in [1.82, 2.24) is 10.2 Å². The van der Waals surface area contributed by atoms with Crippen LogP contribution in [0, 0.1) is 0 Å². The highest BCUT2D eigenvalue weighted by atomic mass is 16.3. The molecule has 0 fully saturated rings. The number of benzene rings is 1. The molecule has 0 spiro atoms. The zero-order chi connectivity index (χ0) is 14.5. The lowest BCUT2D eigenvalue weighted by molar-refractivity contribution is 0.205. The summed E-state index contributed by atoms with van der Waals surface area (Å²) in [6.45, 7) is 9.57. The molecule has 1 heterocycles. The van der Waals surface area contributed by atoms with E-state index in [1.165, 1.54) is 17.4 Å². The topological polar surface area (TPSA) is 28.4 Å². The van der Waals surface area contributed by atoms with Crippen LogP contribution in [0.25, 0.3) is 11.0 Å². The quantitative estimate of drug-likeness (QED) is 0.833. The maximum Gasteiger partial charge on any atom is 0.134 e. The maximum absolute atomic E-state index is 6.01. The summed E-state index contributed by atoms with van der Waals surface area (Å²) in [5.74, 6) is 1.07. The first-order valence-electron chi connectivity index (χ1n) is 7.59. The van der Waals surface area contributed by atoms with Crippen LogP contribution in [0.2, 0.25) is 0 Å². The van der Waals surface area contributed by atoms with Gasteiger partial charge in [-0.1, -0.05) is 32.0 Å². The molecule has 2 rings (SSSR count). The van der Waals surface area contributed by atoms with Gasteiger partial charge in [0.05, 0.1) is 6.54 Å². The van der Waals surface area contributed by atoms with E-state index in [0.717, 1.165) is 31.0 Å². The van der Waals surface area contributed by atoms with E-state index in [4.69, 9.17) is 4.42 Å². The number of nitrogens with one attached hydrogen (secondary N) is 1. The average Bonchev–Trinajstić information content (AvgIpc) is 2.82. The molecule has 3 nitrogen and oxygen atoms in total. The molecule has 0 saturated carbocycles. The second kappa shape index (κ2) is 6.91. The van der Waals surface area contributed by atoms with Gasteiger partial charge in [-0.2, -0.15) is 0 Å². The summed E-state index contributed by atoms with van der Waals surface area (Å²) in [4.78, 5) is 2.51. The fourth-order valence-electron chi connectivity index (χ4n) is 2.67. The molecule has 2 aromatic rings. The highest BCUT2D eigenvalue weighted by Crippen LogP contribution is 2.27. The molecule has 0 aliphatic heterocycles. The summed E-state index contributed by atoms with van der Waals surface area (Å²) in [6, 6.07) is 8.93. The zero-order valence-corrected chi connectivity index (χ0v) is 13.1. The summed E-state index contributed by atoms with van der Waals surface area (Å²) in [5, 5.41) is 4.46. The first-order chi connectivity index (χ1) is 9.71. The number of hydrogen-bond donors (Lipinski definition) is 1. The van der Waals surface area contributed by atoms with Crippen LogP contribution in [0.3, 0.4) is 0 Å². The van der Waals surface area contributed by atoms with E-state index in [9.17, 15) is 0 Å². The smallest absolute Gasteiger partial charge is 0.134 e. The number of para-hydroxylation sites is 1. The number of furan rings is 1. The molecule has 1 aromatic carbocycles. The van der Waals surface area contributed by atoms with Gasteiger partial charge in [-0.3, -0.25) is 4.90 Å². The van der Waals surface area contributed by atoms with Crippen molar-refractivity contribution in [2.24, 2.45) is 0 Å². The van der Waals surface area contributed by atoms with Gasteiger partial charge in [-0.05, 0) is 33.0 Å². The largest absolute Gasteiger partial charge is 0.459 e. The van der Waals surface area contributed by atoms with E-state index in [0.29, 0.717) is 6.04 Å². The van der Waals surface area contributed by atoms with Crippen LogP contribution in [0.1, 0.15) is 38.5 Å². The summed E-state index contributed by atoms with van der Waals surface area (Å²) in [6.07, 6.45) is 1.17. The molecule has 1 aromatic heterocycles. The molecule has 0 aliphatic rings. The van der Waals surface area contributed by atoms with E-state index in [2.05, 4.69) is 49.2 Å². The monoisotopic (exact) mass is 274 g/mol. The second-order valence-electron chi connectivity index (χ2n) is 5.35. The normalized spacial score (nSPS) is 13.2. The molecule has 3 heteroatoms. The van der Waals surface area contributed by atoms with E-state index in [-0.39, 0.29) is 0 Å². The van der Waals surface area contributed by atoms with E-state index < -0.39 is 0 Å². The van der Waals surface area contributed by atoms with Crippen LogP contribution in [0.4, 0.5) is 0 Å². The standard InChI is InChI=1S/C17H26N2O/c1-5-13(3)19(6-2)12-15-14-9-7-8-10-16(14)20-17(15)11-18-4/h7-10,13,18H,5-6,11-12H2,1-4H3. The molecule has 1 atom stereocenters. The molecule has 0 saturated heterocycles. The summed E-state index contributed by atoms with van der Waals surface area (Å²) in [5.41, 5.74) is 2.32. The Hall–Kier alpha value is -1.32. The van der Waals surface area contributed by atoms with E-state index >= 15 is 0 Å². The van der Waals surface area contributed by atoms with Crippen LogP contribution in [0.5, 0.6) is 0 Å². The molecular formula is C17H26N2O. The lowest BCUT2D eigenvalue weighted by atomic mass is 10.1. The Morgan fingerprint density at radius 1 is 1.25 bits per heavy atom. The highest BCUT2D eigenvalue weighted by molar-refractivity contribution is 5.82. The van der Waals surface area contributed by atoms with Crippen LogP contribution < -0.4 is 5.32 Å². The van der Waals surface area contributed by atoms with Crippen molar-refractivity contribution in [1.29, 1.82) is 0 Å². The van der Waals surface area contributed by atoms with Crippen molar-refractivity contribution >= 4 is 11.0 Å². The van der Waals surface area contributed by atoms with Gasteiger partial charge in [0.15, 0.2) is 0 Å². The van der Waals surface area contributed by atoms with Gasteiger partial charge >= 0.3 is 0 Å². The predicted molar refractivity (Wildman–Crippen MR) is 84.8 cm³/mol. The molecule has 110 valence electrons. The minimum atomic E-state index is 0.594. The molecule has 1 unspecified atom stereocenters. The Morgan fingerprint density at radius 2 is 2.00 bits per heavy atom. The zero-order valence-electron chi connectivity index (χ0n) is 13.1. The van der Waals surface area contributed by atoms with Crippen LogP contribution >= 0.6 is 0 Å². The van der Waals surface area contributed by atoms with Gasteiger partial charge in [0.1, 0.15) is 11.3 Å². The third-order valence-corrected chi connectivity index (χ3v) is 4.10. The van der Waals surface area contributed by atoms with E-state index in [1.54, 1.807) is 0 Å². The van der Waals surface area contributed by atoms with Crippen molar-refractivity contribution in [3.63, 3.8) is 0 Å². The summed E-state index contributed by atoms with van der Waals surface area (Å²) in [7, 11) is 1.96. The third-order valence-electron chi connectivity index (χ3n) is 4.10. The number of rotatable bonds is 7. The fraction of sp³-hybridized carbons (Fsp3) is 0.529. The second-order valence-corrected chi connectivity index (χ2v) is 5.35. The minimum Gasteiger partial charge on any atom is -0.459 e. The van der Waals surface area contributed by atoms with Gasteiger partial charge in [0.25, 0.3) is 0 Å². The fourth-order valence-corrected chi connectivity index (χ4v) is 2.67. The lowest BCUT2D eigenvalue weighted by Crippen LogP contribution is -2.32. The van der Waals surface area contributed by atoms with Crippen molar-refractivity contribution in [3.05, 3.63) is 35.6 Å². The Balaban J connectivity index is 2.37. The molecular weight excluding hydrogens is 248 g/mol. The molecule has 0 radical (unpaired) electrons. The number of hydrogen-bond acceptors (Lipinski definition) is 3. The number of fused-ring (bicyclic) bond motifs is 1. The Morgan fingerprint density at radius 3 is 2.65 bits per heavy atom. The predicted octanol–water partition coefficient (Wildman–Crippen LogP) is 3.77.